The zero-order valence-corrected chi connectivity index (χ0v) is 26.9. The molecule has 6 nitrogen and oxygen atoms in total. The summed E-state index contributed by atoms with van der Waals surface area (Å²) in [6.45, 7) is 0.450. The lowest BCUT2D eigenvalue weighted by Gasteiger charge is -2.31. The van der Waals surface area contributed by atoms with Crippen LogP contribution in [0.25, 0.3) is 22.5 Å². The second-order valence-electron chi connectivity index (χ2n) is 11.7. The fourth-order valence-corrected chi connectivity index (χ4v) is 7.77. The van der Waals surface area contributed by atoms with Gasteiger partial charge in [-0.3, -0.25) is 9.36 Å². The molecule has 232 valence electrons. The van der Waals surface area contributed by atoms with Crippen molar-refractivity contribution in [3.05, 3.63) is 162 Å². The number of hydrogen-bond acceptors (Lipinski definition) is 6. The quantitative estimate of drug-likeness (QED) is 0.188. The number of allylic oxidation sites excluding steroid dienone is 1. The van der Waals surface area contributed by atoms with Crippen molar-refractivity contribution in [3.63, 3.8) is 0 Å². The van der Waals surface area contributed by atoms with E-state index >= 15 is 0 Å². The molecule has 1 atom stereocenters. The molecule has 1 aliphatic carbocycles. The molecule has 0 radical (unpaired) electrons. The number of nitrogens with zero attached hydrogens (tertiary/aromatic N) is 2. The van der Waals surface area contributed by atoms with Crippen LogP contribution < -0.4 is 29.1 Å². The number of aromatic nitrogens is 1. The fraction of sp³-hybridized carbons (Fsp3) is 0.150. The van der Waals surface area contributed by atoms with Crippen LogP contribution in [0.15, 0.2) is 125 Å². The van der Waals surface area contributed by atoms with Crippen molar-refractivity contribution in [2.75, 3.05) is 14.2 Å². The third-order valence-corrected chi connectivity index (χ3v) is 10.0. The Hall–Kier alpha value is -5.40. The van der Waals surface area contributed by atoms with Gasteiger partial charge in [0.15, 0.2) is 16.3 Å². The molecule has 0 saturated carbocycles. The molecule has 0 unspecified atom stereocenters. The Labute approximate surface area is 276 Å². The molecule has 0 fully saturated rings. The molecule has 5 aromatic carbocycles. The van der Waals surface area contributed by atoms with Crippen molar-refractivity contribution in [1.29, 1.82) is 0 Å². The summed E-state index contributed by atoms with van der Waals surface area (Å²) in [6, 6.07) is 36.5. The summed E-state index contributed by atoms with van der Waals surface area (Å²) in [5, 5.41) is 2.37. The molecule has 1 aliphatic heterocycles. The van der Waals surface area contributed by atoms with Gasteiger partial charge in [-0.05, 0) is 81.8 Å². The van der Waals surface area contributed by atoms with Crippen LogP contribution >= 0.6 is 11.3 Å². The van der Waals surface area contributed by atoms with Crippen LogP contribution in [0.2, 0.25) is 0 Å². The second-order valence-corrected chi connectivity index (χ2v) is 12.7. The molecule has 47 heavy (non-hydrogen) atoms. The number of hydrogen-bond donors (Lipinski definition) is 0. The third-order valence-electron chi connectivity index (χ3n) is 9.03. The van der Waals surface area contributed by atoms with E-state index in [0.717, 1.165) is 52.1 Å². The summed E-state index contributed by atoms with van der Waals surface area (Å²) in [4.78, 5) is 20.1. The minimum Gasteiger partial charge on any atom is -0.493 e. The average Bonchev–Trinajstić information content (AvgIpc) is 3.43. The van der Waals surface area contributed by atoms with Gasteiger partial charge in [0.25, 0.3) is 5.56 Å². The van der Waals surface area contributed by atoms with E-state index in [1.54, 1.807) is 14.2 Å². The molecule has 0 N–H and O–H groups in total. The van der Waals surface area contributed by atoms with Gasteiger partial charge >= 0.3 is 0 Å². The molecular weight excluding hydrogens is 605 g/mol. The van der Waals surface area contributed by atoms with Crippen molar-refractivity contribution in [1.82, 2.24) is 4.57 Å². The Morgan fingerprint density at radius 3 is 2.55 bits per heavy atom. The van der Waals surface area contributed by atoms with Crippen LogP contribution in [-0.4, -0.2) is 18.8 Å². The smallest absolute Gasteiger partial charge is 0.271 e. The maximum Gasteiger partial charge on any atom is 0.271 e. The summed E-state index contributed by atoms with van der Waals surface area (Å²) >= 11 is 1.42. The van der Waals surface area contributed by atoms with E-state index in [1.807, 2.05) is 65.2 Å². The molecule has 2 aliphatic rings. The zero-order chi connectivity index (χ0) is 31.9. The lowest BCUT2D eigenvalue weighted by atomic mass is 9.83. The van der Waals surface area contributed by atoms with Gasteiger partial charge in [-0.15, -0.1) is 0 Å². The number of methoxy groups -OCH3 is 2. The van der Waals surface area contributed by atoms with E-state index in [9.17, 15) is 4.79 Å². The first-order valence-corrected chi connectivity index (χ1v) is 16.5. The van der Waals surface area contributed by atoms with Crippen molar-refractivity contribution >= 4 is 33.9 Å². The molecular formula is C40H32N2O4S. The van der Waals surface area contributed by atoms with Crippen molar-refractivity contribution in [3.8, 4) is 17.2 Å². The fourth-order valence-electron chi connectivity index (χ4n) is 6.77. The normalized spacial score (nSPS) is 15.4. The molecule has 0 saturated heterocycles. The highest BCUT2D eigenvalue weighted by molar-refractivity contribution is 7.07. The van der Waals surface area contributed by atoms with Gasteiger partial charge < -0.3 is 14.2 Å². The van der Waals surface area contributed by atoms with E-state index in [2.05, 4.69) is 54.6 Å². The Balaban J connectivity index is 1.20. The van der Waals surface area contributed by atoms with Crippen molar-refractivity contribution in [2.24, 2.45) is 4.99 Å². The molecule has 8 rings (SSSR count). The monoisotopic (exact) mass is 636 g/mol. The van der Waals surface area contributed by atoms with Crippen LogP contribution in [0.5, 0.6) is 17.2 Å². The summed E-state index contributed by atoms with van der Waals surface area (Å²) in [7, 11) is 3.26. The van der Waals surface area contributed by atoms with Crippen molar-refractivity contribution in [2.45, 2.75) is 25.5 Å². The first-order chi connectivity index (χ1) is 23.1. The van der Waals surface area contributed by atoms with E-state index in [0.29, 0.717) is 27.4 Å². The Morgan fingerprint density at radius 1 is 0.851 bits per heavy atom. The maximum atomic E-state index is 14.3. The predicted molar refractivity (Wildman–Crippen MR) is 187 cm³/mol. The van der Waals surface area contributed by atoms with E-state index < -0.39 is 0 Å². The highest BCUT2D eigenvalue weighted by Gasteiger charge is 2.33. The van der Waals surface area contributed by atoms with Gasteiger partial charge in [0.1, 0.15) is 12.4 Å². The molecule has 0 bridgehead atoms. The van der Waals surface area contributed by atoms with E-state index in [-0.39, 0.29) is 11.6 Å². The maximum absolute atomic E-state index is 14.3. The largest absolute Gasteiger partial charge is 0.493 e. The highest BCUT2D eigenvalue weighted by Crippen LogP contribution is 2.42. The lowest BCUT2D eigenvalue weighted by molar-refractivity contribution is 0.307. The van der Waals surface area contributed by atoms with Gasteiger partial charge in [0, 0.05) is 5.56 Å². The SMILES string of the molecule is COc1ccc([C@H]2C3=C(N=c4s/c(=C\c5cccc(OCc6cccc7ccccc67)c5)c(=O)n42)c2ccccc2CC3)cc1OC. The van der Waals surface area contributed by atoms with Gasteiger partial charge in [-0.1, -0.05) is 96.3 Å². The van der Waals surface area contributed by atoms with Gasteiger partial charge in [0.2, 0.25) is 0 Å². The highest BCUT2D eigenvalue weighted by atomic mass is 32.1. The molecule has 1 aromatic heterocycles. The minimum absolute atomic E-state index is 0.0685. The second kappa shape index (κ2) is 12.1. The van der Waals surface area contributed by atoms with Crippen molar-refractivity contribution < 1.29 is 14.2 Å². The average molecular weight is 637 g/mol. The van der Waals surface area contributed by atoms with Crippen LogP contribution in [0, 0.1) is 0 Å². The lowest BCUT2D eigenvalue weighted by Crippen LogP contribution is -2.38. The Bertz CT molecular complexity index is 2380. The number of ether oxygens (including phenoxy) is 3. The predicted octanol–water partition coefficient (Wildman–Crippen LogP) is 7.07. The summed E-state index contributed by atoms with van der Waals surface area (Å²) in [5.41, 5.74) is 7.42. The number of aryl methyl sites for hydroxylation is 1. The van der Waals surface area contributed by atoms with Gasteiger partial charge in [-0.2, -0.15) is 0 Å². The number of thiazole rings is 1. The molecule has 7 heteroatoms. The first kappa shape index (κ1) is 29.0. The number of benzene rings is 5. The minimum atomic E-state index is -0.313. The molecule has 0 spiro atoms. The molecule has 6 aromatic rings. The summed E-state index contributed by atoms with van der Waals surface area (Å²) in [5.74, 6) is 2.02. The summed E-state index contributed by atoms with van der Waals surface area (Å²) in [6.07, 6.45) is 3.65. The van der Waals surface area contributed by atoms with Crippen LogP contribution in [-0.2, 0) is 13.0 Å². The van der Waals surface area contributed by atoms with Crippen LogP contribution in [0.3, 0.4) is 0 Å². The molecule has 2 heterocycles. The third kappa shape index (κ3) is 5.22. The summed E-state index contributed by atoms with van der Waals surface area (Å²) < 4.78 is 19.9. The van der Waals surface area contributed by atoms with E-state index in [4.69, 9.17) is 19.2 Å². The Morgan fingerprint density at radius 2 is 1.66 bits per heavy atom. The number of fused-ring (bicyclic) bond motifs is 4. The standard InChI is InChI=1S/C40H32N2O4S/c1-44-34-20-18-28(23-35(34)45-2)38-33-19-17-27-11-4-6-16-32(27)37(33)41-40-42(38)39(43)36(47-40)22-25-9-7-14-30(21-25)46-24-29-13-8-12-26-10-3-5-15-31(26)29/h3-16,18,20-23,38H,17,19,24H2,1-2H3/b36-22-/t38-/m0/s1. The first-order valence-electron chi connectivity index (χ1n) is 15.7. The van der Waals surface area contributed by atoms with Crippen LogP contribution in [0.1, 0.15) is 40.3 Å². The van der Waals surface area contributed by atoms with Crippen LogP contribution in [0.4, 0.5) is 0 Å². The molecule has 0 amide bonds. The zero-order valence-electron chi connectivity index (χ0n) is 26.1. The topological polar surface area (TPSA) is 62.0 Å². The van der Waals surface area contributed by atoms with Gasteiger partial charge in [0.05, 0.1) is 30.5 Å². The Kier molecular flexibility index (Phi) is 7.46. The van der Waals surface area contributed by atoms with E-state index in [1.165, 1.54) is 27.7 Å². The number of rotatable bonds is 7. The van der Waals surface area contributed by atoms with Gasteiger partial charge in [-0.25, -0.2) is 4.99 Å².